The summed E-state index contributed by atoms with van der Waals surface area (Å²) in [7, 11) is 0. The van der Waals surface area contributed by atoms with E-state index in [4.69, 9.17) is 9.84 Å². The van der Waals surface area contributed by atoms with Crippen LogP contribution in [0.5, 0.6) is 0 Å². The van der Waals surface area contributed by atoms with Gasteiger partial charge in [0.15, 0.2) is 0 Å². The van der Waals surface area contributed by atoms with Crippen LogP contribution in [-0.4, -0.2) is 41.9 Å². The van der Waals surface area contributed by atoms with Crippen molar-refractivity contribution in [2.45, 2.75) is 19.4 Å². The van der Waals surface area contributed by atoms with E-state index < -0.39 is 0 Å². The predicted molar refractivity (Wildman–Crippen MR) is 70.9 cm³/mol. The highest BCUT2D eigenvalue weighted by atomic mass is 16.5. The number of nitrogens with one attached hydrogen (secondary N) is 1. The summed E-state index contributed by atoms with van der Waals surface area (Å²) in [6.07, 6.45) is 2.65. The number of rotatable bonds is 9. The van der Waals surface area contributed by atoms with Crippen molar-refractivity contribution >= 4 is 5.91 Å². The highest BCUT2D eigenvalue weighted by molar-refractivity contribution is 5.75. The first kappa shape index (κ1) is 15.4. The van der Waals surface area contributed by atoms with E-state index in [0.717, 1.165) is 0 Å². The molecule has 0 aliphatic carbocycles. The van der Waals surface area contributed by atoms with Gasteiger partial charge >= 0.3 is 0 Å². The van der Waals surface area contributed by atoms with Crippen molar-refractivity contribution in [1.82, 2.24) is 9.88 Å². The highest BCUT2D eigenvalue weighted by Crippen LogP contribution is 1.88. The highest BCUT2D eigenvalue weighted by Gasteiger charge is 2.01. The van der Waals surface area contributed by atoms with E-state index in [1.165, 1.54) is 10.6 Å². The second-order valence-corrected chi connectivity index (χ2v) is 4.02. The van der Waals surface area contributed by atoms with Gasteiger partial charge in [-0.1, -0.05) is 6.07 Å². The summed E-state index contributed by atoms with van der Waals surface area (Å²) in [6, 6.07) is 4.90. The lowest BCUT2D eigenvalue weighted by molar-refractivity contribution is -0.121. The van der Waals surface area contributed by atoms with Gasteiger partial charge in [-0.25, -0.2) is 0 Å². The summed E-state index contributed by atoms with van der Waals surface area (Å²) < 4.78 is 6.57. The van der Waals surface area contributed by atoms with E-state index in [9.17, 15) is 9.59 Å². The number of aliphatic hydroxyl groups is 1. The summed E-state index contributed by atoms with van der Waals surface area (Å²) in [5.41, 5.74) is -0.104. The van der Waals surface area contributed by atoms with Gasteiger partial charge in [0.25, 0.3) is 5.56 Å². The maximum Gasteiger partial charge on any atom is 0.250 e. The van der Waals surface area contributed by atoms with Crippen LogP contribution in [0.1, 0.15) is 12.8 Å². The molecule has 0 spiro atoms. The zero-order chi connectivity index (χ0) is 13.9. The van der Waals surface area contributed by atoms with Crippen LogP contribution < -0.4 is 10.9 Å². The van der Waals surface area contributed by atoms with Crippen molar-refractivity contribution in [1.29, 1.82) is 0 Å². The zero-order valence-electron chi connectivity index (χ0n) is 10.9. The fourth-order valence-electron chi connectivity index (χ4n) is 1.52. The molecule has 0 saturated heterocycles. The predicted octanol–water partition coefficient (Wildman–Crippen LogP) is -0.246. The molecule has 19 heavy (non-hydrogen) atoms. The molecule has 0 fully saturated rings. The summed E-state index contributed by atoms with van der Waals surface area (Å²) in [6.45, 7) is 1.77. The van der Waals surface area contributed by atoms with Crippen molar-refractivity contribution in [2.75, 3.05) is 26.4 Å². The van der Waals surface area contributed by atoms with Gasteiger partial charge in [0.1, 0.15) is 0 Å². The van der Waals surface area contributed by atoms with E-state index in [0.29, 0.717) is 32.7 Å². The second kappa shape index (κ2) is 9.29. The van der Waals surface area contributed by atoms with Crippen molar-refractivity contribution in [3.05, 3.63) is 34.7 Å². The molecule has 0 unspecified atom stereocenters. The van der Waals surface area contributed by atoms with Crippen LogP contribution in [0.25, 0.3) is 0 Å². The van der Waals surface area contributed by atoms with E-state index in [1.807, 2.05) is 0 Å². The lowest BCUT2D eigenvalue weighted by Gasteiger charge is -2.07. The Bertz CT molecular complexity index is 431. The van der Waals surface area contributed by atoms with E-state index in [1.54, 1.807) is 18.3 Å². The Morgan fingerprint density at radius 1 is 1.37 bits per heavy atom. The van der Waals surface area contributed by atoms with Gasteiger partial charge in [0, 0.05) is 38.4 Å². The van der Waals surface area contributed by atoms with Crippen molar-refractivity contribution in [3.8, 4) is 0 Å². The molecule has 6 nitrogen and oxygen atoms in total. The Balaban J connectivity index is 2.12. The number of carbonyl (C=O) groups excluding carboxylic acids is 1. The summed E-state index contributed by atoms with van der Waals surface area (Å²) in [4.78, 5) is 22.9. The second-order valence-electron chi connectivity index (χ2n) is 4.02. The third kappa shape index (κ3) is 6.73. The number of nitrogens with zero attached hydrogens (tertiary/aromatic N) is 1. The minimum absolute atomic E-state index is 0.0121. The number of aromatic nitrogens is 1. The smallest absolute Gasteiger partial charge is 0.250 e. The number of pyridine rings is 1. The quantitative estimate of drug-likeness (QED) is 0.605. The summed E-state index contributed by atoms with van der Waals surface area (Å²) in [5, 5.41) is 11.2. The maximum atomic E-state index is 11.5. The molecule has 1 rings (SSSR count). The Morgan fingerprint density at radius 3 is 2.95 bits per heavy atom. The molecule has 0 aliphatic heterocycles. The average Bonchev–Trinajstić information content (AvgIpc) is 2.42. The van der Waals surface area contributed by atoms with Crippen LogP contribution in [0.2, 0.25) is 0 Å². The van der Waals surface area contributed by atoms with Crippen LogP contribution in [0.4, 0.5) is 0 Å². The first-order valence-corrected chi connectivity index (χ1v) is 6.35. The molecule has 0 atom stereocenters. The standard InChI is InChI=1S/C13H20N2O4/c16-9-11-19-10-3-6-14-12(17)5-8-15-7-2-1-4-13(15)18/h1-2,4,7,16H,3,5-6,8-11H2,(H,14,17). The van der Waals surface area contributed by atoms with E-state index >= 15 is 0 Å². The van der Waals surface area contributed by atoms with Crippen LogP contribution in [0, 0.1) is 0 Å². The van der Waals surface area contributed by atoms with Crippen LogP contribution in [-0.2, 0) is 16.1 Å². The van der Waals surface area contributed by atoms with Crippen molar-refractivity contribution in [2.24, 2.45) is 0 Å². The molecule has 1 aromatic heterocycles. The number of hydrogen-bond donors (Lipinski definition) is 2. The number of aliphatic hydroxyl groups excluding tert-OH is 1. The number of hydrogen-bond acceptors (Lipinski definition) is 4. The zero-order valence-corrected chi connectivity index (χ0v) is 10.9. The Hall–Kier alpha value is -1.66. The largest absolute Gasteiger partial charge is 0.394 e. The molecule has 0 bridgehead atoms. The van der Waals surface area contributed by atoms with E-state index in [-0.39, 0.29) is 24.5 Å². The topological polar surface area (TPSA) is 80.6 Å². The normalized spacial score (nSPS) is 10.4. The molecular weight excluding hydrogens is 248 g/mol. The molecule has 2 N–H and O–H groups in total. The van der Waals surface area contributed by atoms with Gasteiger partial charge < -0.3 is 19.7 Å². The molecule has 0 aromatic carbocycles. The summed E-state index contributed by atoms with van der Waals surface area (Å²) >= 11 is 0. The molecule has 1 aromatic rings. The molecule has 0 aliphatic rings. The Morgan fingerprint density at radius 2 is 2.21 bits per heavy atom. The van der Waals surface area contributed by atoms with Gasteiger partial charge in [-0.3, -0.25) is 9.59 Å². The monoisotopic (exact) mass is 268 g/mol. The molecule has 0 saturated carbocycles. The van der Waals surface area contributed by atoms with Gasteiger partial charge in [0.05, 0.1) is 13.2 Å². The van der Waals surface area contributed by atoms with E-state index in [2.05, 4.69) is 5.32 Å². The average molecular weight is 268 g/mol. The molecule has 106 valence electrons. The fraction of sp³-hybridized carbons (Fsp3) is 0.538. The SMILES string of the molecule is O=C(CCn1ccccc1=O)NCCCOCCO. The van der Waals surface area contributed by atoms with Crippen molar-refractivity contribution < 1.29 is 14.6 Å². The Kier molecular flexibility index (Phi) is 7.53. The van der Waals surface area contributed by atoms with Crippen LogP contribution >= 0.6 is 0 Å². The van der Waals surface area contributed by atoms with Gasteiger partial charge in [-0.2, -0.15) is 0 Å². The van der Waals surface area contributed by atoms with Gasteiger partial charge in [-0.15, -0.1) is 0 Å². The van der Waals surface area contributed by atoms with Gasteiger partial charge in [-0.05, 0) is 12.5 Å². The number of amides is 1. The first-order chi connectivity index (χ1) is 9.24. The number of carbonyl (C=O) groups is 1. The molecule has 1 amide bonds. The van der Waals surface area contributed by atoms with Gasteiger partial charge in [0.2, 0.25) is 5.91 Å². The minimum Gasteiger partial charge on any atom is -0.394 e. The first-order valence-electron chi connectivity index (χ1n) is 6.35. The number of ether oxygens (including phenoxy) is 1. The van der Waals surface area contributed by atoms with Crippen LogP contribution in [0.15, 0.2) is 29.2 Å². The lowest BCUT2D eigenvalue weighted by Crippen LogP contribution is -2.28. The molecule has 1 heterocycles. The molecule has 0 radical (unpaired) electrons. The molecule has 6 heteroatoms. The van der Waals surface area contributed by atoms with Crippen LogP contribution in [0.3, 0.4) is 0 Å². The third-order valence-corrected chi connectivity index (χ3v) is 2.50. The minimum atomic E-state index is -0.104. The molecular formula is C13H20N2O4. The summed E-state index contributed by atoms with van der Waals surface area (Å²) in [5.74, 6) is -0.0853. The lowest BCUT2D eigenvalue weighted by atomic mass is 10.3. The maximum absolute atomic E-state index is 11.5. The fourth-order valence-corrected chi connectivity index (χ4v) is 1.52. The number of aryl methyl sites for hydroxylation is 1. The Labute approximate surface area is 112 Å². The van der Waals surface area contributed by atoms with Crippen molar-refractivity contribution in [3.63, 3.8) is 0 Å². The third-order valence-electron chi connectivity index (χ3n) is 2.50.